The number of carbonyl (C=O) groups is 1. The number of carbonyl (C=O) groups excluding carboxylic acids is 1. The Morgan fingerprint density at radius 2 is 2.10 bits per heavy atom. The number of benzene rings is 1. The molecule has 2 heterocycles. The highest BCUT2D eigenvalue weighted by Crippen LogP contribution is 2.32. The van der Waals surface area contributed by atoms with Crippen molar-refractivity contribution in [1.29, 1.82) is 0 Å². The summed E-state index contributed by atoms with van der Waals surface area (Å²) in [6.45, 7) is 1.03. The SMILES string of the molecule is Cn1ncc(Cl)c1C(=O)Nc1ccc2c(c1)OCCO2. The molecule has 1 N–H and O–H groups in total. The number of fused-ring (bicyclic) bond motifs is 1. The summed E-state index contributed by atoms with van der Waals surface area (Å²) in [5, 5.41) is 6.99. The normalized spacial score (nSPS) is 13.1. The monoisotopic (exact) mass is 293 g/mol. The first kappa shape index (κ1) is 12.8. The lowest BCUT2D eigenvalue weighted by atomic mass is 10.2. The molecule has 2 aromatic rings. The molecule has 7 heteroatoms. The maximum Gasteiger partial charge on any atom is 0.275 e. The van der Waals surface area contributed by atoms with Crippen LogP contribution in [0.5, 0.6) is 11.5 Å². The number of ether oxygens (including phenoxy) is 2. The molecule has 0 saturated carbocycles. The van der Waals surface area contributed by atoms with Crippen molar-refractivity contribution in [3.05, 3.63) is 35.1 Å². The van der Waals surface area contributed by atoms with E-state index in [-0.39, 0.29) is 5.91 Å². The third-order valence-corrected chi connectivity index (χ3v) is 3.19. The maximum atomic E-state index is 12.2. The highest BCUT2D eigenvalue weighted by atomic mass is 35.5. The molecule has 1 aromatic carbocycles. The summed E-state index contributed by atoms with van der Waals surface area (Å²) in [4.78, 5) is 12.2. The van der Waals surface area contributed by atoms with Crippen LogP contribution < -0.4 is 14.8 Å². The van der Waals surface area contributed by atoms with E-state index >= 15 is 0 Å². The van der Waals surface area contributed by atoms with Crippen molar-refractivity contribution in [2.75, 3.05) is 18.5 Å². The highest BCUT2D eigenvalue weighted by molar-refractivity contribution is 6.34. The van der Waals surface area contributed by atoms with Crippen LogP contribution in [0.4, 0.5) is 5.69 Å². The smallest absolute Gasteiger partial charge is 0.275 e. The van der Waals surface area contributed by atoms with Gasteiger partial charge in [-0.05, 0) is 12.1 Å². The molecular formula is C13H12ClN3O3. The van der Waals surface area contributed by atoms with Gasteiger partial charge < -0.3 is 14.8 Å². The van der Waals surface area contributed by atoms with Gasteiger partial charge in [0.15, 0.2) is 11.5 Å². The van der Waals surface area contributed by atoms with E-state index < -0.39 is 0 Å². The van der Waals surface area contributed by atoms with Crippen LogP contribution in [0, 0.1) is 0 Å². The van der Waals surface area contributed by atoms with E-state index in [0.717, 1.165) is 0 Å². The lowest BCUT2D eigenvalue weighted by Gasteiger charge is -2.19. The van der Waals surface area contributed by atoms with Crippen molar-refractivity contribution in [2.24, 2.45) is 7.05 Å². The van der Waals surface area contributed by atoms with Crippen molar-refractivity contribution in [3.63, 3.8) is 0 Å². The summed E-state index contributed by atoms with van der Waals surface area (Å²) in [6.07, 6.45) is 1.43. The summed E-state index contributed by atoms with van der Waals surface area (Å²) in [5.74, 6) is 0.963. The van der Waals surface area contributed by atoms with Gasteiger partial charge in [-0.25, -0.2) is 0 Å². The average Bonchev–Trinajstić information content (AvgIpc) is 2.78. The molecule has 0 bridgehead atoms. The summed E-state index contributed by atoms with van der Waals surface area (Å²) in [5.41, 5.74) is 0.915. The fourth-order valence-electron chi connectivity index (χ4n) is 1.98. The number of aryl methyl sites for hydroxylation is 1. The number of hydrogen-bond acceptors (Lipinski definition) is 4. The van der Waals surface area contributed by atoms with Crippen LogP contribution in [0.2, 0.25) is 5.02 Å². The molecule has 6 nitrogen and oxygen atoms in total. The van der Waals surface area contributed by atoms with Crippen molar-refractivity contribution in [1.82, 2.24) is 9.78 Å². The van der Waals surface area contributed by atoms with Crippen molar-refractivity contribution >= 4 is 23.2 Å². The molecule has 1 aliphatic rings. The first-order valence-electron chi connectivity index (χ1n) is 6.03. The summed E-state index contributed by atoms with van der Waals surface area (Å²) >= 11 is 5.93. The van der Waals surface area contributed by atoms with E-state index in [2.05, 4.69) is 10.4 Å². The number of anilines is 1. The Labute approximate surface area is 120 Å². The number of hydrogen-bond donors (Lipinski definition) is 1. The second kappa shape index (κ2) is 5.05. The zero-order valence-corrected chi connectivity index (χ0v) is 11.5. The number of rotatable bonds is 2. The molecule has 0 saturated heterocycles. The molecule has 104 valence electrons. The Balaban J connectivity index is 1.83. The van der Waals surface area contributed by atoms with Gasteiger partial charge in [-0.2, -0.15) is 5.10 Å². The average molecular weight is 294 g/mol. The van der Waals surface area contributed by atoms with Crippen LogP contribution in [0.1, 0.15) is 10.5 Å². The van der Waals surface area contributed by atoms with E-state index in [1.54, 1.807) is 25.2 Å². The van der Waals surface area contributed by atoms with Gasteiger partial charge in [-0.3, -0.25) is 9.48 Å². The van der Waals surface area contributed by atoms with Crippen LogP contribution in [0.25, 0.3) is 0 Å². The largest absolute Gasteiger partial charge is 0.486 e. The summed E-state index contributed by atoms with van der Waals surface area (Å²) in [7, 11) is 1.66. The molecule has 20 heavy (non-hydrogen) atoms. The molecule has 0 atom stereocenters. The summed E-state index contributed by atoms with van der Waals surface area (Å²) in [6, 6.07) is 5.22. The minimum Gasteiger partial charge on any atom is -0.486 e. The Morgan fingerprint density at radius 1 is 1.35 bits per heavy atom. The predicted molar refractivity (Wildman–Crippen MR) is 73.6 cm³/mol. The van der Waals surface area contributed by atoms with Gasteiger partial charge in [0.2, 0.25) is 0 Å². The third kappa shape index (κ3) is 2.30. The number of nitrogens with zero attached hydrogens (tertiary/aromatic N) is 2. The lowest BCUT2D eigenvalue weighted by Crippen LogP contribution is -2.18. The molecule has 1 aliphatic heterocycles. The molecule has 0 spiro atoms. The number of aromatic nitrogens is 2. The van der Waals surface area contributed by atoms with E-state index in [1.165, 1.54) is 10.9 Å². The predicted octanol–water partition coefficient (Wildman–Crippen LogP) is 2.10. The number of amides is 1. The molecule has 0 aliphatic carbocycles. The Bertz CT molecular complexity index is 649. The van der Waals surface area contributed by atoms with E-state index in [9.17, 15) is 4.79 Å². The van der Waals surface area contributed by atoms with Crippen LogP contribution in [0.3, 0.4) is 0 Å². The molecular weight excluding hydrogens is 282 g/mol. The summed E-state index contributed by atoms with van der Waals surface area (Å²) < 4.78 is 12.3. The minimum absolute atomic E-state index is 0.307. The zero-order valence-electron chi connectivity index (χ0n) is 10.7. The zero-order chi connectivity index (χ0) is 14.1. The maximum absolute atomic E-state index is 12.2. The Kier molecular flexibility index (Phi) is 3.23. The second-order valence-electron chi connectivity index (χ2n) is 4.28. The number of nitrogens with one attached hydrogen (secondary N) is 1. The molecule has 3 rings (SSSR count). The van der Waals surface area contributed by atoms with Gasteiger partial charge >= 0.3 is 0 Å². The molecule has 0 radical (unpaired) electrons. The topological polar surface area (TPSA) is 65.4 Å². The van der Waals surface area contributed by atoms with Crippen LogP contribution in [-0.4, -0.2) is 28.9 Å². The Hall–Kier alpha value is -2.21. The number of halogens is 1. The fraction of sp³-hybridized carbons (Fsp3) is 0.231. The quantitative estimate of drug-likeness (QED) is 0.921. The molecule has 1 amide bonds. The molecule has 1 aromatic heterocycles. The van der Waals surface area contributed by atoms with Gasteiger partial charge in [0.25, 0.3) is 5.91 Å². The third-order valence-electron chi connectivity index (χ3n) is 2.91. The van der Waals surface area contributed by atoms with Gasteiger partial charge in [0.05, 0.1) is 11.2 Å². The van der Waals surface area contributed by atoms with Gasteiger partial charge in [0, 0.05) is 18.8 Å². The second-order valence-corrected chi connectivity index (χ2v) is 4.68. The first-order valence-corrected chi connectivity index (χ1v) is 6.41. The minimum atomic E-state index is -0.327. The van der Waals surface area contributed by atoms with Crippen molar-refractivity contribution in [2.45, 2.75) is 0 Å². The molecule has 0 unspecified atom stereocenters. The van der Waals surface area contributed by atoms with Gasteiger partial charge in [0.1, 0.15) is 18.9 Å². The Morgan fingerprint density at radius 3 is 2.80 bits per heavy atom. The van der Waals surface area contributed by atoms with Crippen molar-refractivity contribution in [3.8, 4) is 11.5 Å². The first-order chi connectivity index (χ1) is 9.65. The van der Waals surface area contributed by atoms with E-state index in [1.807, 2.05) is 0 Å². The standard InChI is InChI=1S/C13H12ClN3O3/c1-17-12(9(14)7-15-17)13(18)16-8-2-3-10-11(6-8)20-5-4-19-10/h2-3,6-7H,4-5H2,1H3,(H,16,18). The van der Waals surface area contributed by atoms with Gasteiger partial charge in [-0.15, -0.1) is 0 Å². The van der Waals surface area contributed by atoms with Crippen LogP contribution in [0.15, 0.2) is 24.4 Å². The van der Waals surface area contributed by atoms with E-state index in [0.29, 0.717) is 41.1 Å². The van der Waals surface area contributed by atoms with Crippen molar-refractivity contribution < 1.29 is 14.3 Å². The van der Waals surface area contributed by atoms with Crippen LogP contribution in [-0.2, 0) is 7.05 Å². The van der Waals surface area contributed by atoms with E-state index in [4.69, 9.17) is 21.1 Å². The molecule has 0 fully saturated rings. The van der Waals surface area contributed by atoms with Crippen LogP contribution >= 0.6 is 11.6 Å². The fourth-order valence-corrected chi connectivity index (χ4v) is 2.23. The van der Waals surface area contributed by atoms with Gasteiger partial charge in [-0.1, -0.05) is 11.6 Å². The lowest BCUT2D eigenvalue weighted by molar-refractivity contribution is 0.101. The highest BCUT2D eigenvalue weighted by Gasteiger charge is 2.17.